The van der Waals surface area contributed by atoms with E-state index in [9.17, 15) is 8.42 Å². The summed E-state index contributed by atoms with van der Waals surface area (Å²) >= 11 is 0. The van der Waals surface area contributed by atoms with Crippen LogP contribution in [0.3, 0.4) is 0 Å². The van der Waals surface area contributed by atoms with Crippen molar-refractivity contribution in [3.05, 3.63) is 24.3 Å². The van der Waals surface area contributed by atoms with Crippen LogP contribution in [0.25, 0.3) is 0 Å². The van der Waals surface area contributed by atoms with Gasteiger partial charge in [-0.3, -0.25) is 0 Å². The summed E-state index contributed by atoms with van der Waals surface area (Å²) in [7, 11) is -3.12. The van der Waals surface area contributed by atoms with Crippen molar-refractivity contribution in [1.82, 2.24) is 0 Å². The first kappa shape index (κ1) is 13.4. The van der Waals surface area contributed by atoms with Crippen molar-refractivity contribution in [2.45, 2.75) is 30.8 Å². The second-order valence-electron chi connectivity index (χ2n) is 4.69. The average Bonchev–Trinajstić information content (AvgIpc) is 2.34. The molecule has 0 aliphatic heterocycles. The molecule has 1 saturated carbocycles. The lowest BCUT2D eigenvalue weighted by atomic mass is 9.82. The summed E-state index contributed by atoms with van der Waals surface area (Å²) in [6.07, 6.45) is 2.21. The molecule has 1 aliphatic rings. The predicted molar refractivity (Wildman–Crippen MR) is 70.4 cm³/mol. The van der Waals surface area contributed by atoms with Gasteiger partial charge in [0.25, 0.3) is 0 Å². The lowest BCUT2D eigenvalue weighted by Gasteiger charge is -2.34. The first-order valence-electron chi connectivity index (χ1n) is 6.24. The minimum atomic E-state index is -3.12. The molecule has 100 valence electrons. The molecule has 0 spiro atoms. The largest absolute Gasteiger partial charge is 0.490 e. The lowest BCUT2D eigenvalue weighted by Crippen LogP contribution is -2.37. The molecule has 0 saturated heterocycles. The van der Waals surface area contributed by atoms with Crippen molar-refractivity contribution in [2.75, 3.05) is 12.3 Å². The van der Waals surface area contributed by atoms with Crippen molar-refractivity contribution in [3.63, 3.8) is 0 Å². The molecular formula is C13H19NO3S. The van der Waals surface area contributed by atoms with Crippen LogP contribution in [0.2, 0.25) is 0 Å². The normalized spacial score (nSPS) is 23.4. The molecule has 0 unspecified atom stereocenters. The number of ether oxygens (including phenoxy) is 1. The van der Waals surface area contributed by atoms with Crippen LogP contribution in [-0.4, -0.2) is 26.8 Å². The summed E-state index contributed by atoms with van der Waals surface area (Å²) in [6.45, 7) is 2.36. The Morgan fingerprint density at radius 1 is 1.28 bits per heavy atom. The van der Waals surface area contributed by atoms with Gasteiger partial charge in [0.05, 0.1) is 16.8 Å². The predicted octanol–water partition coefficient (Wildman–Crippen LogP) is 1.60. The zero-order chi connectivity index (χ0) is 13.2. The number of sulfone groups is 1. The summed E-state index contributed by atoms with van der Waals surface area (Å²) in [5, 5.41) is 0. The van der Waals surface area contributed by atoms with Crippen LogP contribution in [0.5, 0.6) is 5.75 Å². The van der Waals surface area contributed by atoms with Gasteiger partial charge in [0, 0.05) is 0 Å². The number of rotatable bonds is 5. The van der Waals surface area contributed by atoms with Gasteiger partial charge in [-0.1, -0.05) is 6.92 Å². The Labute approximate surface area is 108 Å². The van der Waals surface area contributed by atoms with Crippen LogP contribution in [0.4, 0.5) is 0 Å². The van der Waals surface area contributed by atoms with Crippen molar-refractivity contribution < 1.29 is 13.2 Å². The highest BCUT2D eigenvalue weighted by atomic mass is 32.2. The third-order valence-electron chi connectivity index (χ3n) is 3.39. The number of nitrogens with two attached hydrogens (primary N) is 1. The summed E-state index contributed by atoms with van der Waals surface area (Å²) in [5.74, 6) is 1.42. The topological polar surface area (TPSA) is 69.4 Å². The van der Waals surface area contributed by atoms with E-state index in [2.05, 4.69) is 0 Å². The highest BCUT2D eigenvalue weighted by Crippen LogP contribution is 2.30. The molecule has 0 amide bonds. The zero-order valence-electron chi connectivity index (χ0n) is 10.5. The van der Waals surface area contributed by atoms with Gasteiger partial charge in [-0.25, -0.2) is 8.42 Å². The average molecular weight is 269 g/mol. The monoisotopic (exact) mass is 269 g/mol. The molecule has 0 aromatic heterocycles. The van der Waals surface area contributed by atoms with Crippen LogP contribution in [0.1, 0.15) is 19.8 Å². The van der Waals surface area contributed by atoms with Gasteiger partial charge in [0.2, 0.25) is 0 Å². The van der Waals surface area contributed by atoms with E-state index in [0.717, 1.165) is 18.6 Å². The summed E-state index contributed by atoms with van der Waals surface area (Å²) in [5.41, 5.74) is 5.55. The fraction of sp³-hybridized carbons (Fsp3) is 0.538. The summed E-state index contributed by atoms with van der Waals surface area (Å²) in [6, 6.07) is 6.65. The van der Waals surface area contributed by atoms with Gasteiger partial charge in [-0.15, -0.1) is 0 Å². The standard InChI is InChI=1S/C13H19NO3S/c1-2-18(15,16)13-5-3-11(4-6-13)17-12-7-10(8-12)9-14/h3-6,10,12H,2,7-9,14H2,1H3. The molecule has 1 fully saturated rings. The summed E-state index contributed by atoms with van der Waals surface area (Å²) < 4.78 is 29.0. The van der Waals surface area contributed by atoms with Gasteiger partial charge < -0.3 is 10.5 Å². The van der Waals surface area contributed by atoms with Gasteiger partial charge in [-0.2, -0.15) is 0 Å². The molecule has 2 rings (SSSR count). The molecule has 0 bridgehead atoms. The Balaban J connectivity index is 1.97. The first-order chi connectivity index (χ1) is 8.55. The quantitative estimate of drug-likeness (QED) is 0.881. The molecular weight excluding hydrogens is 250 g/mol. The third-order valence-corrected chi connectivity index (χ3v) is 5.14. The van der Waals surface area contributed by atoms with Crippen LogP contribution in [-0.2, 0) is 9.84 Å². The van der Waals surface area contributed by atoms with E-state index in [1.165, 1.54) is 0 Å². The molecule has 4 nitrogen and oxygen atoms in total. The Morgan fingerprint density at radius 3 is 2.39 bits per heavy atom. The summed E-state index contributed by atoms with van der Waals surface area (Å²) in [4.78, 5) is 0.353. The van der Waals surface area contributed by atoms with E-state index in [4.69, 9.17) is 10.5 Å². The molecule has 1 aromatic rings. The Bertz CT molecular complexity index is 489. The molecule has 2 N–H and O–H groups in total. The van der Waals surface area contributed by atoms with E-state index in [-0.39, 0.29) is 11.9 Å². The molecule has 5 heteroatoms. The van der Waals surface area contributed by atoms with Crippen LogP contribution in [0.15, 0.2) is 29.2 Å². The fourth-order valence-corrected chi connectivity index (χ4v) is 2.93. The molecule has 18 heavy (non-hydrogen) atoms. The Morgan fingerprint density at radius 2 is 1.89 bits per heavy atom. The van der Waals surface area contributed by atoms with Crippen LogP contribution < -0.4 is 10.5 Å². The first-order valence-corrected chi connectivity index (χ1v) is 7.90. The maximum absolute atomic E-state index is 11.6. The maximum atomic E-state index is 11.6. The highest BCUT2D eigenvalue weighted by molar-refractivity contribution is 7.91. The second kappa shape index (κ2) is 5.28. The van der Waals surface area contributed by atoms with E-state index in [1.807, 2.05) is 0 Å². The molecule has 0 radical (unpaired) electrons. The number of benzene rings is 1. The van der Waals surface area contributed by atoms with Gasteiger partial charge >= 0.3 is 0 Å². The van der Waals surface area contributed by atoms with E-state index < -0.39 is 9.84 Å². The minimum absolute atomic E-state index is 0.119. The van der Waals surface area contributed by atoms with Crippen LogP contribution in [0, 0.1) is 5.92 Å². The fourth-order valence-electron chi connectivity index (χ4n) is 2.05. The lowest BCUT2D eigenvalue weighted by molar-refractivity contribution is 0.0690. The second-order valence-corrected chi connectivity index (χ2v) is 6.97. The number of hydrogen-bond donors (Lipinski definition) is 1. The number of hydrogen-bond acceptors (Lipinski definition) is 4. The van der Waals surface area contributed by atoms with E-state index in [1.54, 1.807) is 31.2 Å². The highest BCUT2D eigenvalue weighted by Gasteiger charge is 2.29. The third kappa shape index (κ3) is 2.84. The Hall–Kier alpha value is -1.07. The van der Waals surface area contributed by atoms with E-state index >= 15 is 0 Å². The van der Waals surface area contributed by atoms with Crippen molar-refractivity contribution in [2.24, 2.45) is 11.7 Å². The van der Waals surface area contributed by atoms with E-state index in [0.29, 0.717) is 17.4 Å². The van der Waals surface area contributed by atoms with Crippen LogP contribution >= 0.6 is 0 Å². The molecule has 1 aliphatic carbocycles. The molecule has 0 heterocycles. The van der Waals surface area contributed by atoms with Crippen molar-refractivity contribution >= 4 is 9.84 Å². The van der Waals surface area contributed by atoms with Gasteiger partial charge in [0.1, 0.15) is 5.75 Å². The maximum Gasteiger partial charge on any atom is 0.178 e. The minimum Gasteiger partial charge on any atom is -0.490 e. The molecule has 0 atom stereocenters. The van der Waals surface area contributed by atoms with Crippen molar-refractivity contribution in [1.29, 1.82) is 0 Å². The molecule has 1 aromatic carbocycles. The van der Waals surface area contributed by atoms with Gasteiger partial charge in [0.15, 0.2) is 9.84 Å². The van der Waals surface area contributed by atoms with Gasteiger partial charge in [-0.05, 0) is 49.6 Å². The zero-order valence-corrected chi connectivity index (χ0v) is 11.3. The smallest absolute Gasteiger partial charge is 0.178 e. The Kier molecular flexibility index (Phi) is 3.92. The van der Waals surface area contributed by atoms with Crippen molar-refractivity contribution in [3.8, 4) is 5.75 Å². The SMILES string of the molecule is CCS(=O)(=O)c1ccc(OC2CC(CN)C2)cc1.